The molecule has 3 rings (SSSR count). The van der Waals surface area contributed by atoms with Gasteiger partial charge in [-0.15, -0.1) is 11.3 Å². The largest absolute Gasteiger partial charge is 0.398 e. The summed E-state index contributed by atoms with van der Waals surface area (Å²) in [4.78, 5) is 4.54. The first-order chi connectivity index (χ1) is 8.65. The van der Waals surface area contributed by atoms with Crippen molar-refractivity contribution >= 4 is 50.4 Å². The molecular weight excluding hydrogens is 287 g/mol. The van der Waals surface area contributed by atoms with Crippen molar-refractivity contribution in [2.24, 2.45) is 0 Å². The molecule has 2 N–H and O–H groups in total. The summed E-state index contributed by atoms with van der Waals surface area (Å²) in [6.07, 6.45) is 0. The molecule has 0 fully saturated rings. The van der Waals surface area contributed by atoms with Crippen LogP contribution >= 0.6 is 34.5 Å². The first-order valence-electron chi connectivity index (χ1n) is 5.25. The van der Waals surface area contributed by atoms with Crippen LogP contribution in [0.2, 0.25) is 10.0 Å². The standard InChI is InChI=1S/C13H8Cl2N2S/c14-7-4-5-10(16)8(6-7)13-17-11-3-1-2-9(15)12(11)18-13/h1-6H,16H2. The Morgan fingerprint density at radius 3 is 2.72 bits per heavy atom. The van der Waals surface area contributed by atoms with Gasteiger partial charge in [0.2, 0.25) is 0 Å². The average Bonchev–Trinajstić information content (AvgIpc) is 2.77. The molecule has 3 aromatic rings. The molecular formula is C13H8Cl2N2S. The highest BCUT2D eigenvalue weighted by Gasteiger charge is 2.11. The summed E-state index contributed by atoms with van der Waals surface area (Å²) >= 11 is 13.7. The summed E-state index contributed by atoms with van der Waals surface area (Å²) in [5, 5.41) is 2.18. The molecule has 0 saturated carbocycles. The van der Waals surface area contributed by atoms with Crippen molar-refractivity contribution in [3.63, 3.8) is 0 Å². The maximum absolute atomic E-state index is 6.14. The fourth-order valence-electron chi connectivity index (χ4n) is 1.74. The Balaban J connectivity index is 2.26. The predicted molar refractivity (Wildman–Crippen MR) is 79.5 cm³/mol. The van der Waals surface area contributed by atoms with E-state index in [4.69, 9.17) is 28.9 Å². The molecule has 90 valence electrons. The van der Waals surface area contributed by atoms with E-state index in [0.29, 0.717) is 15.7 Å². The molecule has 0 aliphatic heterocycles. The van der Waals surface area contributed by atoms with Crippen LogP contribution in [-0.4, -0.2) is 4.98 Å². The van der Waals surface area contributed by atoms with E-state index in [0.717, 1.165) is 20.8 Å². The maximum Gasteiger partial charge on any atom is 0.126 e. The molecule has 1 heterocycles. The van der Waals surface area contributed by atoms with Gasteiger partial charge in [0, 0.05) is 16.3 Å². The van der Waals surface area contributed by atoms with E-state index in [1.165, 1.54) is 11.3 Å². The van der Waals surface area contributed by atoms with E-state index in [9.17, 15) is 0 Å². The number of fused-ring (bicyclic) bond motifs is 1. The minimum absolute atomic E-state index is 0.643. The van der Waals surface area contributed by atoms with Crippen LogP contribution in [0.25, 0.3) is 20.8 Å². The van der Waals surface area contributed by atoms with Gasteiger partial charge in [0.05, 0.1) is 15.2 Å². The first-order valence-corrected chi connectivity index (χ1v) is 6.83. The third-order valence-corrected chi connectivity index (χ3v) is 4.41. The highest BCUT2D eigenvalue weighted by Crippen LogP contribution is 2.37. The molecule has 0 aliphatic rings. The van der Waals surface area contributed by atoms with Crippen molar-refractivity contribution in [1.82, 2.24) is 4.98 Å². The van der Waals surface area contributed by atoms with Crippen molar-refractivity contribution in [3.05, 3.63) is 46.4 Å². The van der Waals surface area contributed by atoms with Gasteiger partial charge < -0.3 is 5.73 Å². The monoisotopic (exact) mass is 294 g/mol. The number of anilines is 1. The topological polar surface area (TPSA) is 38.9 Å². The highest BCUT2D eigenvalue weighted by molar-refractivity contribution is 7.22. The number of nitrogen functional groups attached to an aromatic ring is 1. The van der Waals surface area contributed by atoms with Gasteiger partial charge in [0.1, 0.15) is 5.01 Å². The van der Waals surface area contributed by atoms with Gasteiger partial charge in [-0.3, -0.25) is 0 Å². The van der Waals surface area contributed by atoms with Crippen LogP contribution in [0.4, 0.5) is 5.69 Å². The van der Waals surface area contributed by atoms with Gasteiger partial charge in [-0.25, -0.2) is 4.98 Å². The van der Waals surface area contributed by atoms with Crippen LogP contribution in [0.15, 0.2) is 36.4 Å². The first kappa shape index (κ1) is 11.8. The van der Waals surface area contributed by atoms with Crippen molar-refractivity contribution in [1.29, 1.82) is 0 Å². The van der Waals surface area contributed by atoms with E-state index >= 15 is 0 Å². The van der Waals surface area contributed by atoms with Crippen LogP contribution in [0.1, 0.15) is 0 Å². The summed E-state index contributed by atoms with van der Waals surface area (Å²) in [6, 6.07) is 11.0. The Kier molecular flexibility index (Phi) is 2.90. The van der Waals surface area contributed by atoms with Crippen LogP contribution < -0.4 is 5.73 Å². The molecule has 2 nitrogen and oxygen atoms in total. The quantitative estimate of drug-likeness (QED) is 0.652. The lowest BCUT2D eigenvalue weighted by Crippen LogP contribution is -1.88. The summed E-state index contributed by atoms with van der Waals surface area (Å²) in [5.41, 5.74) is 8.34. The van der Waals surface area contributed by atoms with E-state index in [2.05, 4.69) is 4.98 Å². The molecule has 0 saturated heterocycles. The van der Waals surface area contributed by atoms with Crippen molar-refractivity contribution in [2.75, 3.05) is 5.73 Å². The molecule has 0 unspecified atom stereocenters. The third-order valence-electron chi connectivity index (χ3n) is 2.61. The second kappa shape index (κ2) is 4.43. The number of nitrogens with zero attached hydrogens (tertiary/aromatic N) is 1. The van der Waals surface area contributed by atoms with Crippen molar-refractivity contribution < 1.29 is 0 Å². The van der Waals surface area contributed by atoms with Crippen LogP contribution in [0.3, 0.4) is 0 Å². The Hall–Kier alpha value is -1.29. The molecule has 0 amide bonds. The van der Waals surface area contributed by atoms with Gasteiger partial charge in [-0.1, -0.05) is 29.3 Å². The zero-order valence-electron chi connectivity index (χ0n) is 9.15. The van der Waals surface area contributed by atoms with Crippen molar-refractivity contribution in [3.8, 4) is 10.6 Å². The number of nitrogens with two attached hydrogens (primary N) is 1. The second-order valence-electron chi connectivity index (χ2n) is 3.84. The SMILES string of the molecule is Nc1ccc(Cl)cc1-c1nc2cccc(Cl)c2s1. The Morgan fingerprint density at radius 1 is 1.11 bits per heavy atom. The lowest BCUT2D eigenvalue weighted by molar-refractivity contribution is 1.48. The van der Waals surface area contributed by atoms with Crippen LogP contribution in [-0.2, 0) is 0 Å². The van der Waals surface area contributed by atoms with E-state index in [1.54, 1.807) is 12.1 Å². The second-order valence-corrected chi connectivity index (χ2v) is 5.68. The van der Waals surface area contributed by atoms with Gasteiger partial charge in [0.15, 0.2) is 0 Å². The van der Waals surface area contributed by atoms with Gasteiger partial charge >= 0.3 is 0 Å². The number of benzene rings is 2. The fraction of sp³-hybridized carbons (Fsp3) is 0. The summed E-state index contributed by atoms with van der Waals surface area (Å²) < 4.78 is 0.966. The van der Waals surface area contributed by atoms with E-state index < -0.39 is 0 Å². The van der Waals surface area contributed by atoms with Crippen LogP contribution in [0, 0.1) is 0 Å². The normalized spacial score (nSPS) is 11.0. The van der Waals surface area contributed by atoms with Crippen molar-refractivity contribution in [2.45, 2.75) is 0 Å². The molecule has 0 spiro atoms. The smallest absolute Gasteiger partial charge is 0.126 e. The third kappa shape index (κ3) is 1.94. The summed E-state index contributed by atoms with van der Waals surface area (Å²) in [6.45, 7) is 0. The zero-order chi connectivity index (χ0) is 12.7. The van der Waals surface area contributed by atoms with Gasteiger partial charge in [-0.2, -0.15) is 0 Å². The van der Waals surface area contributed by atoms with Crippen LogP contribution in [0.5, 0.6) is 0 Å². The van der Waals surface area contributed by atoms with E-state index in [-0.39, 0.29) is 0 Å². The number of aromatic nitrogens is 1. The minimum atomic E-state index is 0.643. The summed E-state index contributed by atoms with van der Waals surface area (Å²) in [7, 11) is 0. The molecule has 0 atom stereocenters. The number of halogens is 2. The molecule has 1 aromatic heterocycles. The van der Waals surface area contributed by atoms with Gasteiger partial charge in [0.25, 0.3) is 0 Å². The molecule has 5 heteroatoms. The number of thiazole rings is 1. The minimum Gasteiger partial charge on any atom is -0.398 e. The van der Waals surface area contributed by atoms with Gasteiger partial charge in [-0.05, 0) is 30.3 Å². The molecule has 18 heavy (non-hydrogen) atoms. The molecule has 0 radical (unpaired) electrons. The number of rotatable bonds is 1. The Morgan fingerprint density at radius 2 is 1.94 bits per heavy atom. The number of hydrogen-bond donors (Lipinski definition) is 1. The zero-order valence-corrected chi connectivity index (χ0v) is 11.5. The lowest BCUT2D eigenvalue weighted by atomic mass is 10.2. The average molecular weight is 295 g/mol. The summed E-state index contributed by atoms with van der Waals surface area (Å²) in [5.74, 6) is 0. The molecule has 2 aromatic carbocycles. The highest BCUT2D eigenvalue weighted by atomic mass is 35.5. The number of hydrogen-bond acceptors (Lipinski definition) is 3. The predicted octanol–water partition coefficient (Wildman–Crippen LogP) is 4.85. The maximum atomic E-state index is 6.14. The lowest BCUT2D eigenvalue weighted by Gasteiger charge is -2.01. The fourth-order valence-corrected chi connectivity index (χ4v) is 3.21. The Labute approximate surface area is 118 Å². The van der Waals surface area contributed by atoms with E-state index in [1.807, 2.05) is 24.3 Å². The molecule has 0 aliphatic carbocycles. The Bertz CT molecular complexity index is 737. The molecule has 0 bridgehead atoms.